The second-order valence-corrected chi connectivity index (χ2v) is 7.98. The summed E-state index contributed by atoms with van der Waals surface area (Å²) in [7, 11) is 0. The standard InChI is InChI=1S/C18H20N2O4S2/c1-10(2)15(17(23)24)19-14(21)9-20-16(22)13(26-18(20)25)8-12-6-4-11(3)5-7-12/h4-8,10,15H,9H2,1-3H3,(H,19,21)(H,23,24)/b13-8+. The van der Waals surface area contributed by atoms with Crippen LogP contribution in [-0.4, -0.2) is 44.7 Å². The normalized spacial score (nSPS) is 17.1. The van der Waals surface area contributed by atoms with Gasteiger partial charge in [-0.05, 0) is 24.5 Å². The highest BCUT2D eigenvalue weighted by atomic mass is 32.2. The van der Waals surface area contributed by atoms with E-state index in [0.717, 1.165) is 22.9 Å². The maximum atomic E-state index is 12.5. The minimum absolute atomic E-state index is 0.274. The van der Waals surface area contributed by atoms with Gasteiger partial charge in [-0.1, -0.05) is 67.7 Å². The number of carbonyl (C=O) groups excluding carboxylic acids is 2. The third kappa shape index (κ3) is 4.92. The Balaban J connectivity index is 2.08. The van der Waals surface area contributed by atoms with Crippen LogP contribution in [0.3, 0.4) is 0 Å². The van der Waals surface area contributed by atoms with Crippen LogP contribution in [0, 0.1) is 12.8 Å². The average Bonchev–Trinajstić information content (AvgIpc) is 2.81. The molecule has 8 heteroatoms. The van der Waals surface area contributed by atoms with Crippen molar-refractivity contribution in [3.63, 3.8) is 0 Å². The molecule has 26 heavy (non-hydrogen) atoms. The van der Waals surface area contributed by atoms with Crippen molar-refractivity contribution in [1.29, 1.82) is 0 Å². The molecule has 0 spiro atoms. The molecule has 1 unspecified atom stereocenters. The van der Waals surface area contributed by atoms with Gasteiger partial charge in [-0.15, -0.1) is 0 Å². The molecule has 1 aromatic carbocycles. The largest absolute Gasteiger partial charge is 0.480 e. The number of hydrogen-bond acceptors (Lipinski definition) is 5. The molecular weight excluding hydrogens is 372 g/mol. The molecule has 0 bridgehead atoms. The van der Waals surface area contributed by atoms with E-state index in [1.165, 1.54) is 4.90 Å². The van der Waals surface area contributed by atoms with Gasteiger partial charge in [-0.25, -0.2) is 4.79 Å². The van der Waals surface area contributed by atoms with E-state index in [-0.39, 0.29) is 22.7 Å². The van der Waals surface area contributed by atoms with Gasteiger partial charge in [0, 0.05) is 0 Å². The van der Waals surface area contributed by atoms with Gasteiger partial charge in [0.25, 0.3) is 5.91 Å². The van der Waals surface area contributed by atoms with Crippen LogP contribution in [0.15, 0.2) is 29.2 Å². The number of nitrogens with zero attached hydrogens (tertiary/aromatic N) is 1. The van der Waals surface area contributed by atoms with E-state index in [2.05, 4.69) is 5.32 Å². The minimum Gasteiger partial charge on any atom is -0.480 e. The molecule has 2 amide bonds. The Labute approximate surface area is 161 Å². The van der Waals surface area contributed by atoms with E-state index >= 15 is 0 Å². The van der Waals surface area contributed by atoms with Gasteiger partial charge in [0.1, 0.15) is 16.9 Å². The summed E-state index contributed by atoms with van der Waals surface area (Å²) in [6.07, 6.45) is 1.73. The first kappa shape index (κ1) is 20.1. The number of nitrogens with one attached hydrogen (secondary N) is 1. The lowest BCUT2D eigenvalue weighted by Crippen LogP contribution is -2.48. The molecule has 0 aliphatic carbocycles. The quantitative estimate of drug-likeness (QED) is 0.571. The summed E-state index contributed by atoms with van der Waals surface area (Å²) in [4.78, 5) is 37.5. The molecule has 1 atom stereocenters. The molecule has 0 radical (unpaired) electrons. The number of thiocarbonyl (C=S) groups is 1. The van der Waals surface area contributed by atoms with Crippen molar-refractivity contribution in [2.45, 2.75) is 26.8 Å². The molecular formula is C18H20N2O4S2. The highest BCUT2D eigenvalue weighted by Gasteiger charge is 2.34. The number of aliphatic carboxylic acids is 1. The van der Waals surface area contributed by atoms with E-state index in [1.807, 2.05) is 31.2 Å². The lowest BCUT2D eigenvalue weighted by molar-refractivity contribution is -0.143. The summed E-state index contributed by atoms with van der Waals surface area (Å²) in [5, 5.41) is 11.6. The van der Waals surface area contributed by atoms with Crippen molar-refractivity contribution < 1.29 is 19.5 Å². The smallest absolute Gasteiger partial charge is 0.326 e. The Morgan fingerprint density at radius 2 is 1.92 bits per heavy atom. The van der Waals surface area contributed by atoms with Gasteiger partial charge in [0.05, 0.1) is 4.91 Å². The van der Waals surface area contributed by atoms with Crippen molar-refractivity contribution in [3.8, 4) is 0 Å². The monoisotopic (exact) mass is 392 g/mol. The van der Waals surface area contributed by atoms with E-state index < -0.39 is 17.9 Å². The molecule has 2 N–H and O–H groups in total. The van der Waals surface area contributed by atoms with Gasteiger partial charge in [0.15, 0.2) is 0 Å². The molecule has 1 fully saturated rings. The SMILES string of the molecule is Cc1ccc(/C=C2/SC(=S)N(CC(=O)NC(C(=O)O)C(C)C)C2=O)cc1. The maximum absolute atomic E-state index is 12.5. The van der Waals surface area contributed by atoms with Crippen molar-refractivity contribution in [3.05, 3.63) is 40.3 Å². The van der Waals surface area contributed by atoms with Crippen LogP contribution < -0.4 is 5.32 Å². The van der Waals surface area contributed by atoms with Crippen LogP contribution in [0.4, 0.5) is 0 Å². The summed E-state index contributed by atoms with van der Waals surface area (Å²) in [6, 6.07) is 6.67. The third-order valence-corrected chi connectivity index (χ3v) is 5.18. The third-order valence-electron chi connectivity index (χ3n) is 3.80. The number of rotatable bonds is 6. The number of carbonyl (C=O) groups is 3. The highest BCUT2D eigenvalue weighted by Crippen LogP contribution is 2.32. The van der Waals surface area contributed by atoms with Gasteiger partial charge >= 0.3 is 5.97 Å². The zero-order valence-electron chi connectivity index (χ0n) is 14.7. The number of thioether (sulfide) groups is 1. The van der Waals surface area contributed by atoms with E-state index in [1.54, 1.807) is 19.9 Å². The lowest BCUT2D eigenvalue weighted by Gasteiger charge is -2.20. The van der Waals surface area contributed by atoms with Crippen LogP contribution in [0.2, 0.25) is 0 Å². The Morgan fingerprint density at radius 1 is 1.31 bits per heavy atom. The molecule has 1 heterocycles. The Hall–Kier alpha value is -2.19. The highest BCUT2D eigenvalue weighted by molar-refractivity contribution is 8.26. The summed E-state index contributed by atoms with van der Waals surface area (Å²) in [5.41, 5.74) is 1.98. The first-order valence-electron chi connectivity index (χ1n) is 8.03. The van der Waals surface area contributed by atoms with E-state index in [4.69, 9.17) is 17.3 Å². The van der Waals surface area contributed by atoms with E-state index in [0.29, 0.717) is 4.91 Å². The molecule has 138 valence electrons. The fraction of sp³-hybridized carbons (Fsp3) is 0.333. The molecule has 2 rings (SSSR count). The fourth-order valence-electron chi connectivity index (χ4n) is 2.33. The van der Waals surface area contributed by atoms with Crippen molar-refractivity contribution in [2.24, 2.45) is 5.92 Å². The zero-order valence-corrected chi connectivity index (χ0v) is 16.3. The number of carboxylic acid groups (broad SMARTS) is 1. The molecule has 0 aromatic heterocycles. The van der Waals surface area contributed by atoms with Crippen molar-refractivity contribution >= 4 is 52.2 Å². The Bertz CT molecular complexity index is 772. The lowest BCUT2D eigenvalue weighted by atomic mass is 10.0. The van der Waals surface area contributed by atoms with Crippen LogP contribution in [0.5, 0.6) is 0 Å². The molecule has 1 saturated heterocycles. The van der Waals surface area contributed by atoms with Crippen molar-refractivity contribution in [2.75, 3.05) is 6.54 Å². The van der Waals surface area contributed by atoms with Gasteiger partial charge in [0.2, 0.25) is 5.91 Å². The summed E-state index contributed by atoms with van der Waals surface area (Å²) in [6.45, 7) is 5.07. The molecule has 6 nitrogen and oxygen atoms in total. The summed E-state index contributed by atoms with van der Waals surface area (Å²) in [5.74, 6) is -2.30. The van der Waals surface area contributed by atoms with Gasteiger partial charge in [-0.2, -0.15) is 0 Å². The second kappa shape index (κ2) is 8.46. The van der Waals surface area contributed by atoms with Crippen LogP contribution >= 0.6 is 24.0 Å². The summed E-state index contributed by atoms with van der Waals surface area (Å²) >= 11 is 6.32. The predicted molar refractivity (Wildman–Crippen MR) is 105 cm³/mol. The summed E-state index contributed by atoms with van der Waals surface area (Å²) < 4.78 is 0.278. The number of benzene rings is 1. The number of hydrogen-bond donors (Lipinski definition) is 2. The van der Waals surface area contributed by atoms with Crippen LogP contribution in [0.25, 0.3) is 6.08 Å². The van der Waals surface area contributed by atoms with E-state index in [9.17, 15) is 14.4 Å². The number of carboxylic acids is 1. The number of aryl methyl sites for hydroxylation is 1. The Morgan fingerprint density at radius 3 is 2.46 bits per heavy atom. The second-order valence-electron chi connectivity index (χ2n) is 6.31. The van der Waals surface area contributed by atoms with Crippen LogP contribution in [-0.2, 0) is 14.4 Å². The molecule has 1 aliphatic rings. The molecule has 0 saturated carbocycles. The van der Waals surface area contributed by atoms with Gasteiger partial charge < -0.3 is 10.4 Å². The van der Waals surface area contributed by atoms with Crippen LogP contribution in [0.1, 0.15) is 25.0 Å². The topological polar surface area (TPSA) is 86.7 Å². The van der Waals surface area contributed by atoms with Crippen molar-refractivity contribution in [1.82, 2.24) is 10.2 Å². The number of amides is 2. The first-order valence-corrected chi connectivity index (χ1v) is 9.25. The fourth-order valence-corrected chi connectivity index (χ4v) is 3.58. The predicted octanol–water partition coefficient (Wildman–Crippen LogP) is 2.42. The van der Waals surface area contributed by atoms with Gasteiger partial charge in [-0.3, -0.25) is 14.5 Å². The molecule has 1 aliphatic heterocycles. The first-order chi connectivity index (χ1) is 12.2. The maximum Gasteiger partial charge on any atom is 0.326 e. The average molecular weight is 393 g/mol. The Kier molecular flexibility index (Phi) is 6.55. The zero-order chi connectivity index (χ0) is 19.4. The molecule has 1 aromatic rings. The minimum atomic E-state index is -1.11.